The lowest BCUT2D eigenvalue weighted by atomic mass is 10.1. The molecule has 18 heavy (non-hydrogen) atoms. The lowest BCUT2D eigenvalue weighted by Crippen LogP contribution is -2.50. The average Bonchev–Trinajstić information content (AvgIpc) is 2.42. The highest BCUT2D eigenvalue weighted by molar-refractivity contribution is 5.53. The zero-order valence-corrected chi connectivity index (χ0v) is 11.6. The first-order chi connectivity index (χ1) is 8.74. The van der Waals surface area contributed by atoms with Crippen molar-refractivity contribution in [2.75, 3.05) is 36.8 Å². The Bertz CT molecular complexity index is 349. The molecule has 1 aromatic carbocycles. The molecular weight excluding hydrogens is 222 g/mol. The molecule has 1 heterocycles. The third-order valence-corrected chi connectivity index (χ3v) is 4.03. The summed E-state index contributed by atoms with van der Waals surface area (Å²) in [4.78, 5) is 5.09. The third kappa shape index (κ3) is 2.96. The molecule has 1 aliphatic heterocycles. The van der Waals surface area contributed by atoms with E-state index < -0.39 is 0 Å². The Morgan fingerprint density at radius 3 is 2.06 bits per heavy atom. The molecular formula is C15H25N3. The molecule has 0 amide bonds. The van der Waals surface area contributed by atoms with Crippen LogP contribution >= 0.6 is 0 Å². The van der Waals surface area contributed by atoms with Gasteiger partial charge >= 0.3 is 0 Å². The molecule has 2 N–H and O–H groups in total. The second kappa shape index (κ2) is 6.10. The fourth-order valence-corrected chi connectivity index (χ4v) is 2.84. The predicted octanol–water partition coefficient (Wildman–Crippen LogP) is 2.58. The van der Waals surface area contributed by atoms with E-state index in [0.29, 0.717) is 0 Å². The van der Waals surface area contributed by atoms with Crippen LogP contribution in [0.4, 0.5) is 11.4 Å². The van der Waals surface area contributed by atoms with Gasteiger partial charge in [0, 0.05) is 43.6 Å². The summed E-state index contributed by atoms with van der Waals surface area (Å²) in [6, 6.07) is 8.99. The maximum absolute atomic E-state index is 5.73. The van der Waals surface area contributed by atoms with Crippen molar-refractivity contribution in [3.63, 3.8) is 0 Å². The molecule has 3 heteroatoms. The van der Waals surface area contributed by atoms with Crippen LogP contribution in [-0.4, -0.2) is 37.1 Å². The zero-order valence-electron chi connectivity index (χ0n) is 11.6. The summed E-state index contributed by atoms with van der Waals surface area (Å²) < 4.78 is 0. The molecule has 2 rings (SSSR count). The van der Waals surface area contributed by atoms with Crippen LogP contribution in [0.25, 0.3) is 0 Å². The summed E-state index contributed by atoms with van der Waals surface area (Å²) in [5.74, 6) is 0. The van der Waals surface area contributed by atoms with E-state index in [9.17, 15) is 0 Å². The first-order valence-corrected chi connectivity index (χ1v) is 7.09. The molecule has 1 fully saturated rings. The van der Waals surface area contributed by atoms with Gasteiger partial charge in [0.15, 0.2) is 0 Å². The monoisotopic (exact) mass is 247 g/mol. The van der Waals surface area contributed by atoms with Crippen LogP contribution in [0.5, 0.6) is 0 Å². The minimum absolute atomic E-state index is 0.763. The van der Waals surface area contributed by atoms with Crippen molar-refractivity contribution in [3.8, 4) is 0 Å². The molecule has 0 radical (unpaired) electrons. The van der Waals surface area contributed by atoms with Crippen LogP contribution in [0.15, 0.2) is 24.3 Å². The Morgan fingerprint density at radius 2 is 1.56 bits per heavy atom. The smallest absolute Gasteiger partial charge is 0.0368 e. The van der Waals surface area contributed by atoms with Gasteiger partial charge in [-0.05, 0) is 37.1 Å². The normalized spacial score (nSPS) is 17.4. The van der Waals surface area contributed by atoms with Gasteiger partial charge in [-0.25, -0.2) is 0 Å². The van der Waals surface area contributed by atoms with Gasteiger partial charge < -0.3 is 10.6 Å². The predicted molar refractivity (Wildman–Crippen MR) is 79.0 cm³/mol. The van der Waals surface area contributed by atoms with Crippen molar-refractivity contribution in [2.45, 2.75) is 32.7 Å². The molecule has 0 aromatic heterocycles. The van der Waals surface area contributed by atoms with E-state index in [1.807, 2.05) is 12.1 Å². The number of hydrogen-bond acceptors (Lipinski definition) is 3. The van der Waals surface area contributed by atoms with E-state index in [1.54, 1.807) is 0 Å². The van der Waals surface area contributed by atoms with Crippen LogP contribution in [0.2, 0.25) is 0 Å². The largest absolute Gasteiger partial charge is 0.399 e. The summed E-state index contributed by atoms with van der Waals surface area (Å²) in [6.07, 6.45) is 2.52. The average molecular weight is 247 g/mol. The fraction of sp³-hybridized carbons (Fsp3) is 0.600. The van der Waals surface area contributed by atoms with E-state index in [0.717, 1.165) is 24.8 Å². The second-order valence-electron chi connectivity index (χ2n) is 5.08. The molecule has 0 atom stereocenters. The van der Waals surface area contributed by atoms with Crippen LogP contribution in [0.1, 0.15) is 26.7 Å². The van der Waals surface area contributed by atoms with Gasteiger partial charge in [-0.2, -0.15) is 0 Å². The number of anilines is 2. The van der Waals surface area contributed by atoms with Crippen molar-refractivity contribution in [1.29, 1.82) is 0 Å². The lowest BCUT2D eigenvalue weighted by molar-refractivity contribution is 0.175. The number of rotatable bonds is 4. The van der Waals surface area contributed by atoms with Gasteiger partial charge in [-0.3, -0.25) is 4.90 Å². The first kappa shape index (κ1) is 13.2. The fourth-order valence-electron chi connectivity index (χ4n) is 2.84. The van der Waals surface area contributed by atoms with Crippen molar-refractivity contribution in [1.82, 2.24) is 4.90 Å². The highest BCUT2D eigenvalue weighted by Gasteiger charge is 2.21. The van der Waals surface area contributed by atoms with Gasteiger partial charge in [0.2, 0.25) is 0 Å². The summed E-state index contributed by atoms with van der Waals surface area (Å²) in [5, 5.41) is 0. The minimum atomic E-state index is 0.763. The Hall–Kier alpha value is -1.22. The van der Waals surface area contributed by atoms with Crippen LogP contribution in [-0.2, 0) is 0 Å². The van der Waals surface area contributed by atoms with Crippen LogP contribution in [0.3, 0.4) is 0 Å². The molecule has 0 aliphatic carbocycles. The standard InChI is InChI=1S/C15H25N3/c1-3-14(4-2)17-9-11-18(12-10-17)15-7-5-13(16)6-8-15/h5-8,14H,3-4,9-12,16H2,1-2H3. The lowest BCUT2D eigenvalue weighted by Gasteiger charge is -2.39. The highest BCUT2D eigenvalue weighted by Crippen LogP contribution is 2.19. The molecule has 1 aliphatic rings. The number of benzene rings is 1. The quantitative estimate of drug-likeness (QED) is 0.830. The molecule has 1 aromatic rings. The molecule has 100 valence electrons. The van der Waals surface area contributed by atoms with Crippen LogP contribution in [0, 0.1) is 0 Å². The SMILES string of the molecule is CCC(CC)N1CCN(c2ccc(N)cc2)CC1. The number of hydrogen-bond donors (Lipinski definition) is 1. The summed E-state index contributed by atoms with van der Waals surface area (Å²) in [5.41, 5.74) is 7.87. The number of piperazine rings is 1. The maximum atomic E-state index is 5.73. The molecule has 0 saturated carbocycles. The second-order valence-corrected chi connectivity index (χ2v) is 5.08. The van der Waals surface area contributed by atoms with Gasteiger partial charge in [0.25, 0.3) is 0 Å². The molecule has 3 nitrogen and oxygen atoms in total. The minimum Gasteiger partial charge on any atom is -0.399 e. The Kier molecular flexibility index (Phi) is 4.48. The maximum Gasteiger partial charge on any atom is 0.0368 e. The van der Waals surface area contributed by atoms with Gasteiger partial charge in [0.05, 0.1) is 0 Å². The van der Waals surface area contributed by atoms with Gasteiger partial charge in [-0.15, -0.1) is 0 Å². The number of nitrogens with zero attached hydrogens (tertiary/aromatic N) is 2. The van der Waals surface area contributed by atoms with Crippen molar-refractivity contribution in [2.24, 2.45) is 0 Å². The molecule has 1 saturated heterocycles. The van der Waals surface area contributed by atoms with Gasteiger partial charge in [-0.1, -0.05) is 13.8 Å². The van der Waals surface area contributed by atoms with E-state index in [4.69, 9.17) is 5.73 Å². The van der Waals surface area contributed by atoms with Crippen LogP contribution < -0.4 is 10.6 Å². The molecule has 0 unspecified atom stereocenters. The van der Waals surface area contributed by atoms with E-state index >= 15 is 0 Å². The Balaban J connectivity index is 1.92. The summed E-state index contributed by atoms with van der Waals surface area (Å²) >= 11 is 0. The number of nitrogens with two attached hydrogens (primary N) is 1. The summed E-state index contributed by atoms with van der Waals surface area (Å²) in [7, 11) is 0. The van der Waals surface area contributed by atoms with Crippen molar-refractivity contribution in [3.05, 3.63) is 24.3 Å². The number of nitrogen functional groups attached to an aromatic ring is 1. The Morgan fingerprint density at radius 1 is 1.00 bits per heavy atom. The van der Waals surface area contributed by atoms with Gasteiger partial charge in [0.1, 0.15) is 0 Å². The van der Waals surface area contributed by atoms with E-state index in [2.05, 4.69) is 35.8 Å². The van der Waals surface area contributed by atoms with Crippen molar-refractivity contribution < 1.29 is 0 Å². The Labute approximate surface area is 111 Å². The summed E-state index contributed by atoms with van der Waals surface area (Å²) in [6.45, 7) is 9.19. The molecule has 0 bridgehead atoms. The highest BCUT2D eigenvalue weighted by atomic mass is 15.3. The van der Waals surface area contributed by atoms with Crippen molar-refractivity contribution >= 4 is 11.4 Å². The zero-order chi connectivity index (χ0) is 13.0. The topological polar surface area (TPSA) is 32.5 Å². The van der Waals surface area contributed by atoms with E-state index in [-0.39, 0.29) is 0 Å². The first-order valence-electron chi connectivity index (χ1n) is 7.09. The van der Waals surface area contributed by atoms with E-state index in [1.165, 1.54) is 31.6 Å². The third-order valence-electron chi connectivity index (χ3n) is 4.03. The molecule has 0 spiro atoms.